The summed E-state index contributed by atoms with van der Waals surface area (Å²) in [6, 6.07) is 0. The molecule has 0 aliphatic carbocycles. The Morgan fingerprint density at radius 3 is 1.14 bits per heavy atom. The zero-order valence-electron chi connectivity index (χ0n) is 16.4. The highest BCUT2D eigenvalue weighted by Gasteiger charge is 2.17. The van der Waals surface area contributed by atoms with Crippen LogP contribution in [0.2, 0.25) is 0 Å². The van der Waals surface area contributed by atoms with Gasteiger partial charge in [0, 0.05) is 0 Å². The van der Waals surface area contributed by atoms with Gasteiger partial charge in [0.2, 0.25) is 0 Å². The van der Waals surface area contributed by atoms with Crippen LogP contribution in [0.25, 0.3) is 0 Å². The lowest BCUT2D eigenvalue weighted by Crippen LogP contribution is -2.14. The lowest BCUT2D eigenvalue weighted by atomic mass is 9.81. The van der Waals surface area contributed by atoms with Crippen molar-refractivity contribution in [3.05, 3.63) is 0 Å². The molecule has 0 aliphatic rings. The Labute approximate surface area is 136 Å². The van der Waals surface area contributed by atoms with Crippen LogP contribution in [0.4, 0.5) is 0 Å². The maximum atomic E-state index is 2.48. The first-order valence-electron chi connectivity index (χ1n) is 9.77. The SMILES string of the molecule is CCC(C)CCC(C)C(C)CCC(C)C(C)CCC(C)C. The third-order valence-corrected chi connectivity index (χ3v) is 6.03. The summed E-state index contributed by atoms with van der Waals surface area (Å²) in [4.78, 5) is 0. The van der Waals surface area contributed by atoms with Gasteiger partial charge >= 0.3 is 0 Å². The molecule has 0 aromatic heterocycles. The quantitative estimate of drug-likeness (QED) is 0.348. The molecule has 0 saturated heterocycles. The molecular weight excluding hydrogens is 252 g/mol. The van der Waals surface area contributed by atoms with E-state index in [-0.39, 0.29) is 0 Å². The van der Waals surface area contributed by atoms with Gasteiger partial charge in [0.25, 0.3) is 0 Å². The molecule has 21 heavy (non-hydrogen) atoms. The Balaban J connectivity index is 3.91. The highest BCUT2D eigenvalue weighted by Crippen LogP contribution is 2.29. The van der Waals surface area contributed by atoms with Crippen LogP contribution in [0.15, 0.2) is 0 Å². The summed E-state index contributed by atoms with van der Waals surface area (Å²) in [7, 11) is 0. The van der Waals surface area contributed by atoms with Crippen LogP contribution in [0, 0.1) is 35.5 Å². The molecule has 0 saturated carbocycles. The minimum atomic E-state index is 0.860. The van der Waals surface area contributed by atoms with Crippen molar-refractivity contribution in [1.82, 2.24) is 0 Å². The smallest absolute Gasteiger partial charge is 0.0417 e. The maximum Gasteiger partial charge on any atom is -0.0417 e. The van der Waals surface area contributed by atoms with Crippen molar-refractivity contribution >= 4 is 0 Å². The molecule has 0 aliphatic heterocycles. The van der Waals surface area contributed by atoms with E-state index in [4.69, 9.17) is 0 Å². The van der Waals surface area contributed by atoms with E-state index in [9.17, 15) is 0 Å². The monoisotopic (exact) mass is 296 g/mol. The molecule has 5 unspecified atom stereocenters. The average molecular weight is 297 g/mol. The summed E-state index contributed by atoms with van der Waals surface area (Å²) in [5, 5.41) is 0. The van der Waals surface area contributed by atoms with Crippen molar-refractivity contribution in [3.8, 4) is 0 Å². The predicted octanol–water partition coefficient (Wildman–Crippen LogP) is 7.57. The van der Waals surface area contributed by atoms with Gasteiger partial charge in [-0.1, -0.05) is 100 Å². The molecule has 0 aromatic rings. The Bertz CT molecular complexity index is 230. The molecule has 0 N–H and O–H groups in total. The zero-order chi connectivity index (χ0) is 16.4. The van der Waals surface area contributed by atoms with Gasteiger partial charge in [0.05, 0.1) is 0 Å². The normalized spacial score (nSPS) is 19.3. The van der Waals surface area contributed by atoms with E-state index in [1.807, 2.05) is 0 Å². The van der Waals surface area contributed by atoms with Gasteiger partial charge in [0.15, 0.2) is 0 Å². The van der Waals surface area contributed by atoms with E-state index in [1.165, 1.54) is 44.9 Å². The summed E-state index contributed by atoms with van der Waals surface area (Å²) < 4.78 is 0. The fraction of sp³-hybridized carbons (Fsp3) is 1.00. The van der Waals surface area contributed by atoms with Gasteiger partial charge in [-0.3, -0.25) is 0 Å². The van der Waals surface area contributed by atoms with Crippen LogP contribution >= 0.6 is 0 Å². The van der Waals surface area contributed by atoms with Crippen LogP contribution in [0.3, 0.4) is 0 Å². The zero-order valence-corrected chi connectivity index (χ0v) is 16.4. The van der Waals surface area contributed by atoms with Gasteiger partial charge < -0.3 is 0 Å². The molecule has 0 heterocycles. The molecule has 0 fully saturated rings. The summed E-state index contributed by atoms with van der Waals surface area (Å²) in [6.45, 7) is 19.3. The van der Waals surface area contributed by atoms with E-state index in [1.54, 1.807) is 0 Å². The largest absolute Gasteiger partial charge is 0.0651 e. The van der Waals surface area contributed by atoms with E-state index < -0.39 is 0 Å². The van der Waals surface area contributed by atoms with Gasteiger partial charge in [0.1, 0.15) is 0 Å². The van der Waals surface area contributed by atoms with Crippen molar-refractivity contribution in [3.63, 3.8) is 0 Å². The van der Waals surface area contributed by atoms with Crippen molar-refractivity contribution in [1.29, 1.82) is 0 Å². The van der Waals surface area contributed by atoms with Crippen LogP contribution in [-0.2, 0) is 0 Å². The minimum Gasteiger partial charge on any atom is -0.0651 e. The standard InChI is InChI=1S/C21H44/c1-9-17(4)11-13-19(6)21(8)15-14-20(7)18(5)12-10-16(2)3/h16-21H,9-15H2,1-8H3. The molecule has 0 spiro atoms. The van der Waals surface area contributed by atoms with E-state index in [0.29, 0.717) is 0 Å². The molecule has 0 rings (SSSR count). The molecule has 128 valence electrons. The van der Waals surface area contributed by atoms with Gasteiger partial charge in [-0.05, 0) is 35.5 Å². The van der Waals surface area contributed by atoms with Gasteiger partial charge in [-0.15, -0.1) is 0 Å². The topological polar surface area (TPSA) is 0 Å². The predicted molar refractivity (Wildman–Crippen MR) is 98.7 cm³/mol. The molecular formula is C21H44. The lowest BCUT2D eigenvalue weighted by molar-refractivity contribution is 0.260. The fourth-order valence-electron chi connectivity index (χ4n) is 3.01. The molecule has 5 atom stereocenters. The number of hydrogen-bond acceptors (Lipinski definition) is 0. The van der Waals surface area contributed by atoms with Crippen LogP contribution in [-0.4, -0.2) is 0 Å². The minimum absolute atomic E-state index is 0.860. The summed E-state index contributed by atoms with van der Waals surface area (Å²) in [5.41, 5.74) is 0. The van der Waals surface area contributed by atoms with Crippen LogP contribution in [0.1, 0.15) is 100 Å². The molecule has 0 amide bonds. The second-order valence-electron chi connectivity index (χ2n) is 8.55. The average Bonchev–Trinajstić information content (AvgIpc) is 2.46. The molecule has 0 aromatic carbocycles. The van der Waals surface area contributed by atoms with E-state index in [0.717, 1.165) is 35.5 Å². The third-order valence-electron chi connectivity index (χ3n) is 6.03. The van der Waals surface area contributed by atoms with Crippen molar-refractivity contribution < 1.29 is 0 Å². The third kappa shape index (κ3) is 10.4. The second kappa shape index (κ2) is 11.6. The summed E-state index contributed by atoms with van der Waals surface area (Å²) in [5.74, 6) is 5.36. The van der Waals surface area contributed by atoms with E-state index >= 15 is 0 Å². The van der Waals surface area contributed by atoms with Crippen molar-refractivity contribution in [2.75, 3.05) is 0 Å². The summed E-state index contributed by atoms with van der Waals surface area (Å²) >= 11 is 0. The first-order chi connectivity index (χ1) is 9.77. The fourth-order valence-corrected chi connectivity index (χ4v) is 3.01. The first-order valence-corrected chi connectivity index (χ1v) is 9.77. The Morgan fingerprint density at radius 1 is 0.476 bits per heavy atom. The molecule has 0 nitrogen and oxygen atoms in total. The molecule has 0 bridgehead atoms. The summed E-state index contributed by atoms with van der Waals surface area (Å²) in [6.07, 6.45) is 9.84. The number of hydrogen-bond donors (Lipinski definition) is 0. The Hall–Kier alpha value is 0. The van der Waals surface area contributed by atoms with Gasteiger partial charge in [-0.2, -0.15) is 0 Å². The Morgan fingerprint density at radius 2 is 0.810 bits per heavy atom. The highest BCUT2D eigenvalue weighted by atomic mass is 14.2. The maximum absolute atomic E-state index is 2.48. The Kier molecular flexibility index (Phi) is 11.6. The molecule has 0 radical (unpaired) electrons. The highest BCUT2D eigenvalue weighted by molar-refractivity contribution is 4.69. The van der Waals surface area contributed by atoms with Crippen LogP contribution < -0.4 is 0 Å². The number of rotatable bonds is 12. The van der Waals surface area contributed by atoms with E-state index in [2.05, 4.69) is 55.4 Å². The second-order valence-corrected chi connectivity index (χ2v) is 8.55. The lowest BCUT2D eigenvalue weighted by Gasteiger charge is -2.25. The van der Waals surface area contributed by atoms with Gasteiger partial charge in [-0.25, -0.2) is 0 Å². The van der Waals surface area contributed by atoms with Crippen molar-refractivity contribution in [2.24, 2.45) is 35.5 Å². The van der Waals surface area contributed by atoms with Crippen LogP contribution in [0.5, 0.6) is 0 Å². The van der Waals surface area contributed by atoms with Crippen molar-refractivity contribution in [2.45, 2.75) is 100 Å². The molecule has 0 heteroatoms. The first kappa shape index (κ1) is 21.0.